The minimum Gasteiger partial charge on any atom is -0.342 e. The van der Waals surface area contributed by atoms with Gasteiger partial charge in [0.2, 0.25) is 5.91 Å². The molecule has 5 heteroatoms. The summed E-state index contributed by atoms with van der Waals surface area (Å²) in [6.07, 6.45) is 5.04. The Morgan fingerprint density at radius 2 is 1.64 bits per heavy atom. The van der Waals surface area contributed by atoms with Gasteiger partial charge in [-0.1, -0.05) is 48.9 Å². The highest BCUT2D eigenvalue weighted by molar-refractivity contribution is 6.30. The number of fused-ring (bicyclic) bond motifs is 1. The lowest BCUT2D eigenvalue weighted by Crippen LogP contribution is -2.49. The van der Waals surface area contributed by atoms with E-state index in [0.29, 0.717) is 36.8 Å². The fourth-order valence-electron chi connectivity index (χ4n) is 6.28. The summed E-state index contributed by atoms with van der Waals surface area (Å²) in [5.41, 5.74) is 1.71. The lowest BCUT2D eigenvalue weighted by molar-refractivity contribution is -0.143. The SMILES string of the molecule is CC1(C(=O)N2C[C@H]3CC[C@H](Cc4ccc(Cl)cc4)[C@H]3C2)CCN(C(=O)c2ccccc2)CC1. The van der Waals surface area contributed by atoms with Crippen molar-refractivity contribution in [1.29, 1.82) is 0 Å². The highest BCUT2D eigenvalue weighted by Crippen LogP contribution is 2.45. The maximum atomic E-state index is 13.6. The number of likely N-dealkylation sites (tertiary alicyclic amines) is 2. The number of hydrogen-bond acceptors (Lipinski definition) is 2. The number of amides is 2. The van der Waals surface area contributed by atoms with Crippen LogP contribution >= 0.6 is 11.6 Å². The number of carbonyl (C=O) groups is 2. The molecule has 0 aromatic heterocycles. The predicted molar refractivity (Wildman–Crippen MR) is 131 cm³/mol. The predicted octanol–water partition coefficient (Wildman–Crippen LogP) is 5.31. The van der Waals surface area contributed by atoms with Crippen LogP contribution in [-0.4, -0.2) is 47.8 Å². The summed E-state index contributed by atoms with van der Waals surface area (Å²) in [7, 11) is 0. The third-order valence-corrected chi connectivity index (χ3v) is 8.65. The van der Waals surface area contributed by atoms with Crippen molar-refractivity contribution in [3.8, 4) is 0 Å². The number of piperidine rings is 1. The molecule has 5 rings (SSSR count). The maximum Gasteiger partial charge on any atom is 0.253 e. The number of benzene rings is 2. The molecule has 33 heavy (non-hydrogen) atoms. The molecular formula is C28H33ClN2O2. The Kier molecular flexibility index (Phi) is 6.22. The lowest BCUT2D eigenvalue weighted by atomic mass is 9.78. The van der Waals surface area contributed by atoms with Crippen LogP contribution in [0.2, 0.25) is 5.02 Å². The van der Waals surface area contributed by atoms with Gasteiger partial charge in [0.1, 0.15) is 0 Å². The number of rotatable bonds is 4. The molecule has 3 atom stereocenters. The normalized spacial score (nSPS) is 26.3. The largest absolute Gasteiger partial charge is 0.342 e. The molecule has 2 aromatic carbocycles. The van der Waals surface area contributed by atoms with Crippen LogP contribution in [0, 0.1) is 23.2 Å². The van der Waals surface area contributed by atoms with Crippen LogP contribution in [0.1, 0.15) is 48.5 Å². The molecule has 2 aliphatic heterocycles. The van der Waals surface area contributed by atoms with E-state index in [9.17, 15) is 9.59 Å². The van der Waals surface area contributed by atoms with Crippen molar-refractivity contribution in [3.63, 3.8) is 0 Å². The number of carbonyl (C=O) groups excluding carboxylic acids is 2. The zero-order chi connectivity index (χ0) is 23.0. The quantitative estimate of drug-likeness (QED) is 0.615. The van der Waals surface area contributed by atoms with Crippen LogP contribution in [0.25, 0.3) is 0 Å². The van der Waals surface area contributed by atoms with E-state index in [1.54, 1.807) is 0 Å². The topological polar surface area (TPSA) is 40.6 Å². The van der Waals surface area contributed by atoms with Crippen molar-refractivity contribution >= 4 is 23.4 Å². The Balaban J connectivity index is 1.18. The lowest BCUT2D eigenvalue weighted by Gasteiger charge is -2.40. The third-order valence-electron chi connectivity index (χ3n) is 8.39. The van der Waals surface area contributed by atoms with Gasteiger partial charge in [-0.2, -0.15) is 0 Å². The van der Waals surface area contributed by atoms with Gasteiger partial charge in [0, 0.05) is 42.2 Å². The van der Waals surface area contributed by atoms with E-state index in [0.717, 1.165) is 42.9 Å². The number of halogens is 1. The van der Waals surface area contributed by atoms with Gasteiger partial charge < -0.3 is 9.80 Å². The van der Waals surface area contributed by atoms with E-state index in [-0.39, 0.29) is 11.3 Å². The molecule has 1 saturated carbocycles. The average Bonchev–Trinajstić information content (AvgIpc) is 3.42. The molecule has 2 heterocycles. The molecule has 3 aliphatic rings. The third kappa shape index (κ3) is 4.55. The van der Waals surface area contributed by atoms with Crippen LogP contribution in [0.15, 0.2) is 54.6 Å². The van der Waals surface area contributed by atoms with Gasteiger partial charge in [0.25, 0.3) is 5.91 Å². The van der Waals surface area contributed by atoms with Crippen molar-refractivity contribution in [2.24, 2.45) is 23.2 Å². The zero-order valence-corrected chi connectivity index (χ0v) is 20.1. The second kappa shape index (κ2) is 9.13. The first-order valence-electron chi connectivity index (χ1n) is 12.3. The second-order valence-corrected chi connectivity index (χ2v) is 11.0. The highest BCUT2D eigenvalue weighted by Gasteiger charge is 2.48. The summed E-state index contributed by atoms with van der Waals surface area (Å²) in [6.45, 7) is 5.21. The van der Waals surface area contributed by atoms with Crippen LogP contribution in [-0.2, 0) is 11.2 Å². The Bertz CT molecular complexity index is 998. The average molecular weight is 465 g/mol. The Morgan fingerprint density at radius 1 is 0.939 bits per heavy atom. The zero-order valence-electron chi connectivity index (χ0n) is 19.4. The van der Waals surface area contributed by atoms with Crippen molar-refractivity contribution in [2.75, 3.05) is 26.2 Å². The molecule has 3 fully saturated rings. The van der Waals surface area contributed by atoms with Crippen LogP contribution in [0.3, 0.4) is 0 Å². The van der Waals surface area contributed by atoms with E-state index in [1.165, 1.54) is 18.4 Å². The smallest absolute Gasteiger partial charge is 0.253 e. The fourth-order valence-corrected chi connectivity index (χ4v) is 6.41. The molecule has 174 valence electrons. The summed E-state index contributed by atoms with van der Waals surface area (Å²) >= 11 is 6.05. The van der Waals surface area contributed by atoms with Crippen LogP contribution in [0.5, 0.6) is 0 Å². The molecule has 0 radical (unpaired) electrons. The minimum absolute atomic E-state index is 0.0749. The van der Waals surface area contributed by atoms with E-state index in [2.05, 4.69) is 24.0 Å². The van der Waals surface area contributed by atoms with Crippen LogP contribution < -0.4 is 0 Å². The number of nitrogens with zero attached hydrogens (tertiary/aromatic N) is 2. The van der Waals surface area contributed by atoms with Gasteiger partial charge >= 0.3 is 0 Å². The molecule has 0 unspecified atom stereocenters. The Hall–Kier alpha value is -2.33. The second-order valence-electron chi connectivity index (χ2n) is 10.5. The van der Waals surface area contributed by atoms with Gasteiger partial charge in [-0.15, -0.1) is 0 Å². The maximum absolute atomic E-state index is 13.6. The van der Waals surface area contributed by atoms with Crippen molar-refractivity contribution in [1.82, 2.24) is 9.80 Å². The molecule has 0 N–H and O–H groups in total. The summed E-state index contributed by atoms with van der Waals surface area (Å²) in [6, 6.07) is 17.7. The van der Waals surface area contributed by atoms with Gasteiger partial charge in [0.05, 0.1) is 0 Å². The molecule has 2 aromatic rings. The van der Waals surface area contributed by atoms with Crippen molar-refractivity contribution < 1.29 is 9.59 Å². The van der Waals surface area contributed by atoms with Gasteiger partial charge in [-0.3, -0.25) is 9.59 Å². The first-order valence-corrected chi connectivity index (χ1v) is 12.7. The highest BCUT2D eigenvalue weighted by atomic mass is 35.5. The first-order chi connectivity index (χ1) is 15.9. The Labute approximate surface area is 201 Å². The molecular weight excluding hydrogens is 432 g/mol. The van der Waals surface area contributed by atoms with Crippen LogP contribution in [0.4, 0.5) is 0 Å². The Morgan fingerprint density at radius 3 is 2.33 bits per heavy atom. The van der Waals surface area contributed by atoms with E-state index < -0.39 is 0 Å². The summed E-state index contributed by atoms with van der Waals surface area (Å²) in [4.78, 5) is 30.5. The summed E-state index contributed by atoms with van der Waals surface area (Å²) in [5, 5.41) is 0.783. The van der Waals surface area contributed by atoms with Gasteiger partial charge in [-0.25, -0.2) is 0 Å². The summed E-state index contributed by atoms with van der Waals surface area (Å²) in [5.74, 6) is 2.26. The molecule has 0 spiro atoms. The summed E-state index contributed by atoms with van der Waals surface area (Å²) < 4.78 is 0. The van der Waals surface area contributed by atoms with Gasteiger partial charge in [0.15, 0.2) is 0 Å². The monoisotopic (exact) mass is 464 g/mol. The molecule has 4 nitrogen and oxygen atoms in total. The van der Waals surface area contributed by atoms with Crippen molar-refractivity contribution in [2.45, 2.75) is 39.0 Å². The standard InChI is InChI=1S/C28H33ClN2O2/c1-28(13-15-30(16-14-28)26(32)21-5-3-2-4-6-21)27(33)31-18-23-10-9-22(25(23)19-31)17-20-7-11-24(29)12-8-20/h2-8,11-12,22-23,25H,9-10,13-19H2,1H3/t22-,23-,25-/m1/s1. The molecule has 2 amide bonds. The number of hydrogen-bond donors (Lipinski definition) is 0. The minimum atomic E-state index is -0.363. The van der Waals surface area contributed by atoms with E-state index in [1.807, 2.05) is 47.4 Å². The first kappa shape index (κ1) is 22.5. The molecule has 2 saturated heterocycles. The molecule has 1 aliphatic carbocycles. The van der Waals surface area contributed by atoms with E-state index in [4.69, 9.17) is 11.6 Å². The van der Waals surface area contributed by atoms with E-state index >= 15 is 0 Å². The van der Waals surface area contributed by atoms with Crippen molar-refractivity contribution in [3.05, 3.63) is 70.7 Å². The fraction of sp³-hybridized carbons (Fsp3) is 0.500. The molecule has 0 bridgehead atoms. The van der Waals surface area contributed by atoms with Gasteiger partial charge in [-0.05, 0) is 79.7 Å².